The molecule has 0 spiro atoms. The van der Waals surface area contributed by atoms with Gasteiger partial charge in [-0.3, -0.25) is 14.7 Å². The lowest BCUT2D eigenvalue weighted by atomic mass is 10.0. The predicted octanol–water partition coefficient (Wildman–Crippen LogP) is 5.65. The zero-order valence-electron chi connectivity index (χ0n) is 26.8. The smallest absolute Gasteiger partial charge is 0.323 e. The summed E-state index contributed by atoms with van der Waals surface area (Å²) in [5.74, 6) is 0.136. The van der Waals surface area contributed by atoms with Gasteiger partial charge in [0, 0.05) is 55.9 Å². The summed E-state index contributed by atoms with van der Waals surface area (Å²) in [4.78, 5) is 35.1. The minimum atomic E-state index is -0.452. The van der Waals surface area contributed by atoms with E-state index < -0.39 is 12.1 Å². The molecule has 0 unspecified atom stereocenters. The van der Waals surface area contributed by atoms with Gasteiger partial charge >= 0.3 is 6.03 Å². The van der Waals surface area contributed by atoms with Gasteiger partial charge in [-0.1, -0.05) is 25.1 Å². The number of amides is 3. The van der Waals surface area contributed by atoms with Crippen LogP contribution in [0.1, 0.15) is 56.0 Å². The highest BCUT2D eigenvalue weighted by Gasteiger charge is 2.30. The monoisotopic (exact) mass is 617 g/mol. The first kappa shape index (κ1) is 33.9. The normalized spacial score (nSPS) is 20.4. The van der Waals surface area contributed by atoms with E-state index in [9.17, 15) is 14.7 Å². The van der Waals surface area contributed by atoms with Crippen molar-refractivity contribution in [1.82, 2.24) is 14.8 Å². The number of para-hydroxylation sites is 1. The van der Waals surface area contributed by atoms with Crippen LogP contribution in [0.3, 0.4) is 0 Å². The van der Waals surface area contributed by atoms with Gasteiger partial charge in [-0.05, 0) is 88.2 Å². The number of carbonyl (C=O) groups excluding carboxylic acids is 2. The number of likely N-dealkylation sites (N-methyl/N-ethyl adjacent to an activating group) is 1. The van der Waals surface area contributed by atoms with E-state index in [4.69, 9.17) is 9.47 Å². The van der Waals surface area contributed by atoms with Crippen molar-refractivity contribution < 1.29 is 24.2 Å². The molecular weight excluding hydrogens is 570 g/mol. The van der Waals surface area contributed by atoms with Crippen LogP contribution in [0.2, 0.25) is 0 Å². The third-order valence-corrected chi connectivity index (χ3v) is 8.03. The van der Waals surface area contributed by atoms with Crippen molar-refractivity contribution in [1.29, 1.82) is 0 Å². The molecule has 0 aliphatic carbocycles. The first-order chi connectivity index (χ1) is 21.7. The number of carbonyl (C=O) groups is 2. The van der Waals surface area contributed by atoms with E-state index >= 15 is 0 Å². The molecule has 1 aromatic heterocycles. The summed E-state index contributed by atoms with van der Waals surface area (Å²) in [6.07, 6.45) is 5.94. The molecule has 3 amide bonds. The van der Waals surface area contributed by atoms with Crippen molar-refractivity contribution in [3.63, 3.8) is 0 Å². The minimum Gasteiger partial charge on any atom is -0.490 e. The Labute approximate surface area is 266 Å². The first-order valence-corrected chi connectivity index (χ1v) is 15.8. The summed E-state index contributed by atoms with van der Waals surface area (Å²) in [5, 5.41) is 15.8. The molecule has 10 nitrogen and oxygen atoms in total. The standard InChI is InChI=1S/C35H47N5O5/c1-25-21-40(26(2)24-41)34(42)31-20-30(38-35(43)37-29-11-6-5-7-12-29)13-14-32(31)45-27(3)10-8-9-19-44-33(25)23-39(4)22-28-15-17-36-18-16-28/h5-7,11-18,20,25-27,33,41H,8-10,19,21-24H2,1-4H3,(H2,37,38,43)/t25-,26+,27-,33-/m0/s1. The third kappa shape index (κ3) is 10.3. The number of hydrogen-bond donors (Lipinski definition) is 3. The van der Waals surface area contributed by atoms with Crippen LogP contribution in [0.5, 0.6) is 5.75 Å². The van der Waals surface area contributed by atoms with Gasteiger partial charge in [0.1, 0.15) is 5.75 Å². The van der Waals surface area contributed by atoms with Gasteiger partial charge in [0.15, 0.2) is 0 Å². The zero-order valence-corrected chi connectivity index (χ0v) is 26.8. The van der Waals surface area contributed by atoms with Gasteiger partial charge in [-0.15, -0.1) is 0 Å². The maximum Gasteiger partial charge on any atom is 0.323 e. The fourth-order valence-electron chi connectivity index (χ4n) is 5.45. The van der Waals surface area contributed by atoms with E-state index in [1.165, 1.54) is 5.56 Å². The highest BCUT2D eigenvalue weighted by Crippen LogP contribution is 2.28. The Balaban J connectivity index is 1.59. The largest absolute Gasteiger partial charge is 0.490 e. The number of benzene rings is 2. The number of nitrogens with zero attached hydrogens (tertiary/aromatic N) is 3. The van der Waals surface area contributed by atoms with Gasteiger partial charge in [-0.2, -0.15) is 0 Å². The number of aliphatic hydroxyl groups excluding tert-OH is 1. The van der Waals surface area contributed by atoms with Crippen LogP contribution in [0, 0.1) is 5.92 Å². The Kier molecular flexibility index (Phi) is 12.7. The van der Waals surface area contributed by atoms with Crippen LogP contribution in [0.4, 0.5) is 16.2 Å². The zero-order chi connectivity index (χ0) is 32.2. The highest BCUT2D eigenvalue weighted by atomic mass is 16.5. The Morgan fingerprint density at radius 3 is 2.53 bits per heavy atom. The van der Waals surface area contributed by atoms with Crippen LogP contribution in [0.25, 0.3) is 0 Å². The van der Waals surface area contributed by atoms with E-state index in [0.29, 0.717) is 42.4 Å². The topological polar surface area (TPSA) is 116 Å². The maximum atomic E-state index is 14.3. The van der Waals surface area contributed by atoms with Gasteiger partial charge in [-0.25, -0.2) is 4.79 Å². The second kappa shape index (κ2) is 16.9. The molecule has 1 aliphatic rings. The highest BCUT2D eigenvalue weighted by molar-refractivity contribution is 6.02. The number of anilines is 2. The molecule has 1 aliphatic heterocycles. The summed E-state index contributed by atoms with van der Waals surface area (Å²) < 4.78 is 12.8. The summed E-state index contributed by atoms with van der Waals surface area (Å²) in [5.41, 5.74) is 2.61. The predicted molar refractivity (Wildman–Crippen MR) is 177 cm³/mol. The molecule has 0 saturated carbocycles. The van der Waals surface area contributed by atoms with Crippen molar-refractivity contribution >= 4 is 23.3 Å². The summed E-state index contributed by atoms with van der Waals surface area (Å²) in [7, 11) is 2.07. The molecule has 10 heteroatoms. The van der Waals surface area contributed by atoms with E-state index in [2.05, 4.69) is 34.5 Å². The molecule has 45 heavy (non-hydrogen) atoms. The quantitative estimate of drug-likeness (QED) is 0.299. The Morgan fingerprint density at radius 1 is 1.07 bits per heavy atom. The number of aromatic nitrogens is 1. The Morgan fingerprint density at radius 2 is 1.80 bits per heavy atom. The van der Waals surface area contributed by atoms with Crippen LogP contribution < -0.4 is 15.4 Å². The number of urea groups is 1. The number of pyridine rings is 1. The van der Waals surface area contributed by atoms with E-state index in [-0.39, 0.29) is 30.6 Å². The van der Waals surface area contributed by atoms with E-state index in [0.717, 1.165) is 25.8 Å². The summed E-state index contributed by atoms with van der Waals surface area (Å²) >= 11 is 0. The Hall–Kier alpha value is -3.99. The molecule has 0 saturated heterocycles. The molecule has 242 valence electrons. The second-order valence-electron chi connectivity index (χ2n) is 12.0. The van der Waals surface area contributed by atoms with Gasteiger partial charge in [0.25, 0.3) is 5.91 Å². The van der Waals surface area contributed by atoms with Crippen LogP contribution in [-0.2, 0) is 11.3 Å². The van der Waals surface area contributed by atoms with Crippen molar-refractivity contribution in [3.05, 3.63) is 84.2 Å². The van der Waals surface area contributed by atoms with Crippen LogP contribution >= 0.6 is 0 Å². The second-order valence-corrected chi connectivity index (χ2v) is 12.0. The molecule has 2 aromatic carbocycles. The van der Waals surface area contributed by atoms with Crippen molar-refractivity contribution in [2.75, 3.05) is 44.0 Å². The van der Waals surface area contributed by atoms with Gasteiger partial charge in [0.05, 0.1) is 30.4 Å². The van der Waals surface area contributed by atoms with E-state index in [1.807, 2.05) is 44.2 Å². The van der Waals surface area contributed by atoms with Crippen molar-refractivity contribution in [3.8, 4) is 5.75 Å². The molecule has 0 fully saturated rings. The number of ether oxygens (including phenoxy) is 2. The molecule has 2 heterocycles. The lowest BCUT2D eigenvalue weighted by molar-refractivity contribution is -0.0177. The maximum absolute atomic E-state index is 14.3. The Bertz CT molecular complexity index is 1360. The van der Waals surface area contributed by atoms with Gasteiger partial charge < -0.3 is 30.1 Å². The van der Waals surface area contributed by atoms with Gasteiger partial charge in [0.2, 0.25) is 0 Å². The molecule has 3 aromatic rings. The average molecular weight is 618 g/mol. The lowest BCUT2D eigenvalue weighted by Crippen LogP contribution is -2.47. The SMILES string of the molecule is C[C@H](CO)N1C[C@H](C)[C@H](CN(C)Cc2ccncc2)OCCCC[C@H](C)Oc2ccc(NC(=O)Nc3ccccc3)cc2C1=O. The fourth-order valence-corrected chi connectivity index (χ4v) is 5.45. The number of aliphatic hydroxyl groups is 1. The minimum absolute atomic E-state index is 0.0352. The first-order valence-electron chi connectivity index (χ1n) is 15.8. The van der Waals surface area contributed by atoms with Crippen LogP contribution in [-0.4, -0.2) is 83.4 Å². The molecule has 4 rings (SSSR count). The number of nitrogens with one attached hydrogen (secondary N) is 2. The van der Waals surface area contributed by atoms with Crippen LogP contribution in [0.15, 0.2) is 73.1 Å². The summed E-state index contributed by atoms with van der Waals surface area (Å²) in [6.45, 7) is 8.13. The molecule has 3 N–H and O–H groups in total. The molecule has 0 radical (unpaired) electrons. The lowest BCUT2D eigenvalue weighted by Gasteiger charge is -2.36. The molecule has 0 bridgehead atoms. The average Bonchev–Trinajstić information content (AvgIpc) is 3.03. The van der Waals surface area contributed by atoms with Crippen molar-refractivity contribution in [2.45, 2.75) is 64.8 Å². The fraction of sp³-hybridized carbons (Fsp3) is 0.457. The summed E-state index contributed by atoms with van der Waals surface area (Å²) in [6, 6.07) is 17.4. The van der Waals surface area contributed by atoms with E-state index in [1.54, 1.807) is 47.6 Å². The molecular formula is C35H47N5O5. The number of hydrogen-bond acceptors (Lipinski definition) is 7. The number of rotatable bonds is 8. The molecule has 4 atom stereocenters. The van der Waals surface area contributed by atoms with Crippen molar-refractivity contribution in [2.24, 2.45) is 5.92 Å². The third-order valence-electron chi connectivity index (χ3n) is 8.03. The number of fused-ring (bicyclic) bond motifs is 1.